The topological polar surface area (TPSA) is 15.3 Å². The van der Waals surface area contributed by atoms with Crippen molar-refractivity contribution >= 4 is 5.69 Å². The molecule has 4 saturated carbocycles. The van der Waals surface area contributed by atoms with Crippen molar-refractivity contribution in [1.29, 1.82) is 0 Å². The summed E-state index contributed by atoms with van der Waals surface area (Å²) in [7, 11) is 0. The van der Waals surface area contributed by atoms with Crippen molar-refractivity contribution in [3.05, 3.63) is 29.3 Å². The van der Waals surface area contributed by atoms with Crippen molar-refractivity contribution in [2.45, 2.75) is 63.3 Å². The van der Waals surface area contributed by atoms with Gasteiger partial charge in [0.25, 0.3) is 0 Å². The Morgan fingerprint density at radius 3 is 2.32 bits per heavy atom. The van der Waals surface area contributed by atoms with E-state index in [1.165, 1.54) is 63.7 Å². The van der Waals surface area contributed by atoms with Crippen molar-refractivity contribution in [2.75, 3.05) is 24.5 Å². The molecular formula is C23H32N2. The van der Waals surface area contributed by atoms with Gasteiger partial charge in [0, 0.05) is 23.7 Å². The number of piperidine rings is 1. The monoisotopic (exact) mass is 336 g/mol. The standard InChI is InChI=1S/C23H32N2/c1-15-2-3-21-20(8-15)23(4-6-24-7-5-23)14-25(21)22-18-10-16-9-17(12-18)13-19(22)11-16/h2-3,8,16-19,22,24H,4-7,9-14H2,1H3. The van der Waals surface area contributed by atoms with Gasteiger partial charge in [-0.15, -0.1) is 0 Å². The quantitative estimate of drug-likeness (QED) is 0.824. The lowest BCUT2D eigenvalue weighted by Gasteiger charge is -2.57. The SMILES string of the molecule is Cc1ccc2c(c1)C1(CCNCC1)CN2C1C2CC3CC(C2)CC1C3. The van der Waals surface area contributed by atoms with Gasteiger partial charge in [-0.3, -0.25) is 0 Å². The maximum atomic E-state index is 3.61. The van der Waals surface area contributed by atoms with Gasteiger partial charge in [-0.2, -0.15) is 0 Å². The zero-order chi connectivity index (χ0) is 16.6. The number of rotatable bonds is 1. The van der Waals surface area contributed by atoms with E-state index in [2.05, 4.69) is 35.3 Å². The molecule has 2 heterocycles. The van der Waals surface area contributed by atoms with Crippen LogP contribution in [0.25, 0.3) is 0 Å². The Hall–Kier alpha value is -1.02. The molecule has 0 unspecified atom stereocenters. The van der Waals surface area contributed by atoms with Crippen LogP contribution >= 0.6 is 0 Å². The van der Waals surface area contributed by atoms with Crippen molar-refractivity contribution in [2.24, 2.45) is 23.7 Å². The van der Waals surface area contributed by atoms with Crippen LogP contribution in [0.15, 0.2) is 18.2 Å². The molecule has 0 atom stereocenters. The van der Waals surface area contributed by atoms with E-state index in [9.17, 15) is 0 Å². The molecule has 0 amide bonds. The molecule has 1 spiro atoms. The Bertz CT molecular complexity index is 659. The molecule has 134 valence electrons. The predicted octanol–water partition coefficient (Wildman–Crippen LogP) is 4.26. The highest BCUT2D eigenvalue weighted by atomic mass is 15.2. The fourth-order valence-corrected chi connectivity index (χ4v) is 7.83. The van der Waals surface area contributed by atoms with Gasteiger partial charge in [0.1, 0.15) is 0 Å². The highest BCUT2D eigenvalue weighted by Crippen LogP contribution is 2.58. The summed E-state index contributed by atoms with van der Waals surface area (Å²) >= 11 is 0. The lowest BCUT2D eigenvalue weighted by atomic mass is 9.54. The molecule has 1 aromatic carbocycles. The fourth-order valence-electron chi connectivity index (χ4n) is 7.83. The van der Waals surface area contributed by atoms with E-state index in [0.29, 0.717) is 5.41 Å². The first kappa shape index (κ1) is 15.1. The van der Waals surface area contributed by atoms with Gasteiger partial charge in [-0.05, 0) is 100 Å². The molecule has 2 aliphatic heterocycles. The Balaban J connectivity index is 1.41. The Morgan fingerprint density at radius 2 is 1.64 bits per heavy atom. The third kappa shape index (κ3) is 2.13. The Labute approximate surface area is 152 Å². The summed E-state index contributed by atoms with van der Waals surface area (Å²) in [5.41, 5.74) is 5.19. The summed E-state index contributed by atoms with van der Waals surface area (Å²) in [4.78, 5) is 2.94. The molecule has 5 fully saturated rings. The number of nitrogens with one attached hydrogen (secondary N) is 1. The first-order chi connectivity index (χ1) is 12.2. The summed E-state index contributed by atoms with van der Waals surface area (Å²) in [6, 6.07) is 8.23. The third-order valence-electron chi connectivity index (χ3n) is 8.60. The van der Waals surface area contributed by atoms with Gasteiger partial charge in [0.2, 0.25) is 0 Å². The maximum Gasteiger partial charge on any atom is 0.0408 e. The molecule has 1 aromatic rings. The van der Waals surface area contributed by atoms with Crippen molar-refractivity contribution in [3.8, 4) is 0 Å². The number of fused-ring (bicyclic) bond motifs is 2. The van der Waals surface area contributed by atoms with Crippen LogP contribution in [0.3, 0.4) is 0 Å². The van der Waals surface area contributed by atoms with E-state index >= 15 is 0 Å². The second kappa shape index (κ2) is 5.25. The number of nitrogens with zero attached hydrogens (tertiary/aromatic N) is 1. The average Bonchev–Trinajstić information content (AvgIpc) is 2.88. The van der Waals surface area contributed by atoms with Crippen LogP contribution in [-0.2, 0) is 5.41 Å². The average molecular weight is 337 g/mol. The van der Waals surface area contributed by atoms with E-state index in [4.69, 9.17) is 0 Å². The van der Waals surface area contributed by atoms with Gasteiger partial charge in [0.05, 0.1) is 0 Å². The molecule has 1 saturated heterocycles. The van der Waals surface area contributed by atoms with E-state index < -0.39 is 0 Å². The summed E-state index contributed by atoms with van der Waals surface area (Å²) in [5, 5.41) is 3.61. The van der Waals surface area contributed by atoms with E-state index in [-0.39, 0.29) is 0 Å². The number of aryl methyl sites for hydroxylation is 1. The molecule has 7 rings (SSSR count). The largest absolute Gasteiger partial charge is 0.367 e. The van der Waals surface area contributed by atoms with Gasteiger partial charge in [0.15, 0.2) is 0 Å². The predicted molar refractivity (Wildman–Crippen MR) is 103 cm³/mol. The van der Waals surface area contributed by atoms with Crippen LogP contribution in [0.4, 0.5) is 5.69 Å². The zero-order valence-corrected chi connectivity index (χ0v) is 15.6. The van der Waals surface area contributed by atoms with Crippen LogP contribution < -0.4 is 10.2 Å². The summed E-state index contributed by atoms with van der Waals surface area (Å²) in [6.07, 6.45) is 10.3. The summed E-state index contributed by atoms with van der Waals surface area (Å²) < 4.78 is 0. The van der Waals surface area contributed by atoms with Gasteiger partial charge in [-0.25, -0.2) is 0 Å². The van der Waals surface area contributed by atoms with Gasteiger partial charge < -0.3 is 10.2 Å². The number of hydrogen-bond donors (Lipinski definition) is 1. The molecule has 4 bridgehead atoms. The maximum absolute atomic E-state index is 3.61. The minimum atomic E-state index is 0.432. The zero-order valence-electron chi connectivity index (χ0n) is 15.6. The molecular weight excluding hydrogens is 304 g/mol. The van der Waals surface area contributed by atoms with Crippen LogP contribution in [0, 0.1) is 30.6 Å². The highest BCUT2D eigenvalue weighted by molar-refractivity contribution is 5.65. The fraction of sp³-hybridized carbons (Fsp3) is 0.739. The first-order valence-corrected chi connectivity index (χ1v) is 10.8. The third-order valence-corrected chi connectivity index (χ3v) is 8.60. The molecule has 6 aliphatic rings. The highest BCUT2D eigenvalue weighted by Gasteiger charge is 2.54. The molecule has 4 aliphatic carbocycles. The Kier molecular flexibility index (Phi) is 3.17. The second-order valence-electron chi connectivity index (χ2n) is 10.1. The van der Waals surface area contributed by atoms with Gasteiger partial charge in [-0.1, -0.05) is 17.7 Å². The molecule has 25 heavy (non-hydrogen) atoms. The summed E-state index contributed by atoms with van der Waals surface area (Å²) in [5.74, 6) is 4.13. The number of benzene rings is 1. The Morgan fingerprint density at radius 1 is 0.960 bits per heavy atom. The van der Waals surface area contributed by atoms with Crippen LogP contribution in [0.2, 0.25) is 0 Å². The second-order valence-corrected chi connectivity index (χ2v) is 10.1. The number of hydrogen-bond acceptors (Lipinski definition) is 2. The van der Waals surface area contributed by atoms with Crippen molar-refractivity contribution in [3.63, 3.8) is 0 Å². The minimum Gasteiger partial charge on any atom is -0.367 e. The first-order valence-electron chi connectivity index (χ1n) is 10.8. The van der Waals surface area contributed by atoms with E-state index in [0.717, 1.165) is 29.7 Å². The minimum absolute atomic E-state index is 0.432. The molecule has 0 aromatic heterocycles. The van der Waals surface area contributed by atoms with Crippen LogP contribution in [-0.4, -0.2) is 25.7 Å². The summed E-state index contributed by atoms with van der Waals surface area (Å²) in [6.45, 7) is 5.98. The molecule has 2 nitrogen and oxygen atoms in total. The normalized spacial score (nSPS) is 40.7. The van der Waals surface area contributed by atoms with Gasteiger partial charge >= 0.3 is 0 Å². The smallest absolute Gasteiger partial charge is 0.0408 e. The van der Waals surface area contributed by atoms with Crippen LogP contribution in [0.1, 0.15) is 56.1 Å². The van der Waals surface area contributed by atoms with Crippen molar-refractivity contribution in [1.82, 2.24) is 5.32 Å². The van der Waals surface area contributed by atoms with Crippen LogP contribution in [0.5, 0.6) is 0 Å². The lowest BCUT2D eigenvalue weighted by Crippen LogP contribution is -2.57. The van der Waals surface area contributed by atoms with Crippen molar-refractivity contribution < 1.29 is 0 Å². The van der Waals surface area contributed by atoms with E-state index in [1.54, 1.807) is 17.7 Å². The molecule has 2 heteroatoms. The lowest BCUT2D eigenvalue weighted by molar-refractivity contribution is -0.00335. The molecule has 1 N–H and O–H groups in total. The van der Waals surface area contributed by atoms with E-state index in [1.807, 2.05) is 0 Å². The molecule has 0 radical (unpaired) electrons. The number of anilines is 1.